The number of hydrogen-bond donors (Lipinski definition) is 0. The summed E-state index contributed by atoms with van der Waals surface area (Å²) in [4.78, 5) is 11.2. The molecule has 86 valence electrons. The lowest BCUT2D eigenvalue weighted by Crippen LogP contribution is -2.09. The van der Waals surface area contributed by atoms with Gasteiger partial charge in [-0.25, -0.2) is 0 Å². The molecule has 0 amide bonds. The molecule has 3 nitrogen and oxygen atoms in total. The second kappa shape index (κ2) is 7.46. The molecule has 0 aliphatic carbocycles. The molecule has 1 unspecified atom stereocenters. The van der Waals surface area contributed by atoms with E-state index in [1.165, 1.54) is 0 Å². The van der Waals surface area contributed by atoms with Gasteiger partial charge in [0.25, 0.3) is 0 Å². The van der Waals surface area contributed by atoms with Crippen LogP contribution in [-0.2, 0) is 14.3 Å². The summed E-state index contributed by atoms with van der Waals surface area (Å²) < 4.78 is 9.96. The first-order chi connectivity index (χ1) is 7.33. The van der Waals surface area contributed by atoms with Crippen LogP contribution in [0.25, 0.3) is 0 Å². The molecule has 1 aliphatic rings. The molecule has 0 bridgehead atoms. The van der Waals surface area contributed by atoms with Gasteiger partial charge in [0.2, 0.25) is 0 Å². The second-order valence-electron chi connectivity index (χ2n) is 3.81. The van der Waals surface area contributed by atoms with Crippen molar-refractivity contribution in [1.29, 1.82) is 0 Å². The average Bonchev–Trinajstić information content (AvgIpc) is 3.04. The van der Waals surface area contributed by atoms with Crippen LogP contribution in [0.3, 0.4) is 0 Å². The Balaban J connectivity index is 1.83. The highest BCUT2D eigenvalue weighted by molar-refractivity contribution is 5.69. The topological polar surface area (TPSA) is 38.8 Å². The van der Waals surface area contributed by atoms with Crippen molar-refractivity contribution in [3.8, 4) is 0 Å². The maximum atomic E-state index is 11.2. The fourth-order valence-electron chi connectivity index (χ4n) is 1.30. The summed E-state index contributed by atoms with van der Waals surface area (Å²) in [7, 11) is 0. The summed E-state index contributed by atoms with van der Waals surface area (Å²) in [6, 6.07) is 0. The zero-order valence-electron chi connectivity index (χ0n) is 9.41. The number of allylic oxidation sites excluding steroid dienone is 2. The van der Waals surface area contributed by atoms with Crippen LogP contribution in [0.2, 0.25) is 0 Å². The predicted molar refractivity (Wildman–Crippen MR) is 58.6 cm³/mol. The molecule has 0 aromatic heterocycles. The monoisotopic (exact) mass is 212 g/mol. The van der Waals surface area contributed by atoms with Crippen molar-refractivity contribution in [3.63, 3.8) is 0 Å². The normalized spacial score (nSPS) is 19.4. The minimum absolute atomic E-state index is 0.0865. The van der Waals surface area contributed by atoms with Crippen LogP contribution >= 0.6 is 0 Å². The zero-order valence-corrected chi connectivity index (χ0v) is 9.41. The maximum Gasteiger partial charge on any atom is 0.305 e. The standard InChI is InChI=1S/C12H20O3/c1-2-3-4-5-6-7-8-12(13)15-10-11-9-14-11/h2-3,11H,4-10H2,1H3/b3-2+. The number of rotatable bonds is 8. The van der Waals surface area contributed by atoms with Crippen LogP contribution in [-0.4, -0.2) is 25.3 Å². The number of carbonyl (C=O) groups excluding carboxylic acids is 1. The molecule has 1 fully saturated rings. The first-order valence-corrected chi connectivity index (χ1v) is 5.71. The fourth-order valence-corrected chi connectivity index (χ4v) is 1.30. The molecule has 0 radical (unpaired) electrons. The largest absolute Gasteiger partial charge is 0.463 e. The molecular formula is C12H20O3. The van der Waals surface area contributed by atoms with Crippen molar-refractivity contribution in [2.75, 3.05) is 13.2 Å². The first-order valence-electron chi connectivity index (χ1n) is 5.71. The predicted octanol–water partition coefficient (Wildman–Crippen LogP) is 2.46. The SMILES string of the molecule is C/C=C/CCCCCC(=O)OCC1CO1. The van der Waals surface area contributed by atoms with E-state index in [1.807, 2.05) is 6.92 Å². The summed E-state index contributed by atoms with van der Waals surface area (Å²) in [6.45, 7) is 3.21. The molecule has 0 aromatic rings. The number of esters is 1. The first kappa shape index (κ1) is 12.2. The van der Waals surface area contributed by atoms with Gasteiger partial charge < -0.3 is 9.47 Å². The molecule has 0 aromatic carbocycles. The van der Waals surface area contributed by atoms with Gasteiger partial charge in [-0.1, -0.05) is 18.6 Å². The molecule has 1 heterocycles. The van der Waals surface area contributed by atoms with Gasteiger partial charge in [-0.2, -0.15) is 0 Å². The smallest absolute Gasteiger partial charge is 0.305 e. The Morgan fingerprint density at radius 1 is 1.47 bits per heavy atom. The van der Waals surface area contributed by atoms with E-state index in [0.717, 1.165) is 32.3 Å². The Morgan fingerprint density at radius 2 is 2.27 bits per heavy atom. The number of hydrogen-bond acceptors (Lipinski definition) is 3. The third kappa shape index (κ3) is 7.14. The van der Waals surface area contributed by atoms with E-state index in [0.29, 0.717) is 13.0 Å². The van der Waals surface area contributed by atoms with E-state index in [9.17, 15) is 4.79 Å². The van der Waals surface area contributed by atoms with Gasteiger partial charge in [-0.05, 0) is 26.2 Å². The van der Waals surface area contributed by atoms with Crippen molar-refractivity contribution in [3.05, 3.63) is 12.2 Å². The van der Waals surface area contributed by atoms with E-state index >= 15 is 0 Å². The Labute approximate surface area is 91.4 Å². The zero-order chi connectivity index (χ0) is 10.9. The minimum Gasteiger partial charge on any atom is -0.463 e. The Kier molecular flexibility index (Phi) is 6.09. The minimum atomic E-state index is -0.0865. The number of ether oxygens (including phenoxy) is 2. The summed E-state index contributed by atoms with van der Waals surface area (Å²) in [6.07, 6.45) is 9.24. The lowest BCUT2D eigenvalue weighted by atomic mass is 10.1. The van der Waals surface area contributed by atoms with Gasteiger partial charge in [0, 0.05) is 6.42 Å². The molecule has 1 aliphatic heterocycles. The van der Waals surface area contributed by atoms with E-state index in [2.05, 4.69) is 12.2 Å². The van der Waals surface area contributed by atoms with Gasteiger partial charge in [-0.15, -0.1) is 0 Å². The van der Waals surface area contributed by atoms with Gasteiger partial charge in [0.05, 0.1) is 6.61 Å². The van der Waals surface area contributed by atoms with Gasteiger partial charge in [0.1, 0.15) is 12.7 Å². The molecule has 0 spiro atoms. The van der Waals surface area contributed by atoms with Crippen molar-refractivity contribution < 1.29 is 14.3 Å². The van der Waals surface area contributed by atoms with E-state index in [1.54, 1.807) is 0 Å². The number of epoxide rings is 1. The summed E-state index contributed by atoms with van der Waals surface area (Å²) >= 11 is 0. The molecule has 1 saturated heterocycles. The molecule has 15 heavy (non-hydrogen) atoms. The van der Waals surface area contributed by atoms with Crippen LogP contribution in [0, 0.1) is 0 Å². The Morgan fingerprint density at radius 3 is 2.93 bits per heavy atom. The average molecular weight is 212 g/mol. The Bertz CT molecular complexity index is 207. The van der Waals surface area contributed by atoms with Crippen LogP contribution < -0.4 is 0 Å². The van der Waals surface area contributed by atoms with Crippen molar-refractivity contribution in [2.24, 2.45) is 0 Å². The van der Waals surface area contributed by atoms with Crippen LogP contribution in [0.5, 0.6) is 0 Å². The molecule has 3 heteroatoms. The van der Waals surface area contributed by atoms with Gasteiger partial charge >= 0.3 is 5.97 Å². The van der Waals surface area contributed by atoms with Crippen LogP contribution in [0.4, 0.5) is 0 Å². The lowest BCUT2D eigenvalue weighted by molar-refractivity contribution is -0.144. The highest BCUT2D eigenvalue weighted by Crippen LogP contribution is 2.10. The van der Waals surface area contributed by atoms with E-state index < -0.39 is 0 Å². The summed E-state index contributed by atoms with van der Waals surface area (Å²) in [5.41, 5.74) is 0. The van der Waals surface area contributed by atoms with E-state index in [4.69, 9.17) is 9.47 Å². The molecule has 1 rings (SSSR count). The highest BCUT2D eigenvalue weighted by Gasteiger charge is 2.23. The highest BCUT2D eigenvalue weighted by atomic mass is 16.6. The third-order valence-corrected chi connectivity index (χ3v) is 2.32. The van der Waals surface area contributed by atoms with Crippen molar-refractivity contribution in [1.82, 2.24) is 0 Å². The number of carbonyl (C=O) groups is 1. The quantitative estimate of drug-likeness (QED) is 0.268. The summed E-state index contributed by atoms with van der Waals surface area (Å²) in [5, 5.41) is 0. The Hall–Kier alpha value is -0.830. The van der Waals surface area contributed by atoms with Crippen molar-refractivity contribution >= 4 is 5.97 Å². The van der Waals surface area contributed by atoms with Gasteiger partial charge in [0.15, 0.2) is 0 Å². The molecule has 0 N–H and O–H groups in total. The second-order valence-corrected chi connectivity index (χ2v) is 3.81. The summed E-state index contributed by atoms with van der Waals surface area (Å²) in [5.74, 6) is -0.0865. The van der Waals surface area contributed by atoms with E-state index in [-0.39, 0.29) is 12.1 Å². The number of unbranched alkanes of at least 4 members (excludes halogenated alkanes) is 3. The lowest BCUT2D eigenvalue weighted by Gasteiger charge is -2.01. The van der Waals surface area contributed by atoms with Crippen LogP contribution in [0.1, 0.15) is 39.0 Å². The fraction of sp³-hybridized carbons (Fsp3) is 0.750. The molecule has 0 saturated carbocycles. The molecule has 1 atom stereocenters. The van der Waals surface area contributed by atoms with Crippen molar-refractivity contribution in [2.45, 2.75) is 45.1 Å². The van der Waals surface area contributed by atoms with Crippen LogP contribution in [0.15, 0.2) is 12.2 Å². The third-order valence-electron chi connectivity index (χ3n) is 2.32. The van der Waals surface area contributed by atoms with Gasteiger partial charge in [-0.3, -0.25) is 4.79 Å². The molecular weight excluding hydrogens is 192 g/mol. The maximum absolute atomic E-state index is 11.2.